The summed E-state index contributed by atoms with van der Waals surface area (Å²) in [5.41, 5.74) is 1.83. The smallest absolute Gasteiger partial charge is 0.348 e. The molecule has 37 heavy (non-hydrogen) atoms. The van der Waals surface area contributed by atoms with E-state index in [0.717, 1.165) is 36.7 Å². The molecule has 0 saturated heterocycles. The van der Waals surface area contributed by atoms with Gasteiger partial charge in [-0.05, 0) is 73.3 Å². The van der Waals surface area contributed by atoms with E-state index < -0.39 is 0 Å². The number of hydrogen-bond acceptors (Lipinski definition) is 4. The zero-order valence-electron chi connectivity index (χ0n) is 23.7. The van der Waals surface area contributed by atoms with E-state index >= 15 is 0 Å². The molecule has 2 aromatic rings. The van der Waals surface area contributed by atoms with Crippen LogP contribution in [-0.2, 0) is 32.2 Å². The molecule has 2 aliphatic rings. The first kappa shape index (κ1) is 27.7. The van der Waals surface area contributed by atoms with Gasteiger partial charge in [0.15, 0.2) is 24.1 Å². The summed E-state index contributed by atoms with van der Waals surface area (Å²) in [7, 11) is 0. The predicted molar refractivity (Wildman–Crippen MR) is 145 cm³/mol. The summed E-state index contributed by atoms with van der Waals surface area (Å²) < 4.78 is 15.9. The zero-order valence-corrected chi connectivity index (χ0v) is 23.7. The summed E-state index contributed by atoms with van der Waals surface area (Å²) >= 11 is 0. The third-order valence-electron chi connectivity index (χ3n) is 8.87. The maximum absolute atomic E-state index is 13.1. The van der Waals surface area contributed by atoms with Gasteiger partial charge in [-0.2, -0.15) is 0 Å². The topological polar surface area (TPSA) is 61.4 Å². The summed E-state index contributed by atoms with van der Waals surface area (Å²) in [6.45, 7) is 13.6. The van der Waals surface area contributed by atoms with E-state index in [-0.39, 0.29) is 37.2 Å². The van der Waals surface area contributed by atoms with Crippen molar-refractivity contribution in [3.63, 3.8) is 0 Å². The summed E-state index contributed by atoms with van der Waals surface area (Å²) in [6, 6.07) is 7.89. The number of ether oxygens (including phenoxy) is 2. The number of para-hydroxylation sites is 2. The molecule has 1 aromatic heterocycles. The number of nitrogens with zero attached hydrogens (tertiary/aromatic N) is 2. The SMILES string of the molecule is CC(C)[C@H]1CC[C@@H](C)C[C@H]1OC(=O)C[n+]1cn(CC(=O)O[C@@H]2C[C@@H](C)CC[C@@H]2C(C)C)c2ccccc21. The van der Waals surface area contributed by atoms with E-state index in [1.165, 1.54) is 12.8 Å². The Morgan fingerprint density at radius 2 is 1.41 bits per heavy atom. The second kappa shape index (κ2) is 12.0. The van der Waals surface area contributed by atoms with Gasteiger partial charge in [0.1, 0.15) is 12.2 Å². The zero-order chi connectivity index (χ0) is 26.7. The average Bonchev–Trinajstić information content (AvgIpc) is 3.15. The largest absolute Gasteiger partial charge is 0.459 e. The maximum atomic E-state index is 13.1. The van der Waals surface area contributed by atoms with Gasteiger partial charge in [-0.3, -0.25) is 0 Å². The number of carbonyl (C=O) groups is 2. The van der Waals surface area contributed by atoms with E-state index in [1.54, 1.807) is 0 Å². The Bertz CT molecular complexity index is 992. The van der Waals surface area contributed by atoms with E-state index in [9.17, 15) is 9.59 Å². The fourth-order valence-electron chi connectivity index (χ4n) is 6.69. The van der Waals surface area contributed by atoms with Gasteiger partial charge < -0.3 is 9.47 Å². The van der Waals surface area contributed by atoms with Crippen molar-refractivity contribution >= 4 is 23.0 Å². The van der Waals surface area contributed by atoms with Gasteiger partial charge in [0.25, 0.3) is 0 Å². The van der Waals surface area contributed by atoms with Crippen LogP contribution in [0.5, 0.6) is 0 Å². The molecular formula is C31H47N2O4+. The summed E-state index contributed by atoms with van der Waals surface area (Å²) in [4.78, 5) is 26.2. The molecule has 0 radical (unpaired) electrons. The molecule has 0 spiro atoms. The van der Waals surface area contributed by atoms with Crippen molar-refractivity contribution in [2.45, 2.75) is 105 Å². The van der Waals surface area contributed by atoms with Gasteiger partial charge in [-0.15, -0.1) is 0 Å². The van der Waals surface area contributed by atoms with Gasteiger partial charge in [0.05, 0.1) is 0 Å². The highest BCUT2D eigenvalue weighted by Crippen LogP contribution is 2.36. The van der Waals surface area contributed by atoms with Crippen LogP contribution in [0.25, 0.3) is 11.0 Å². The Labute approximate surface area is 222 Å². The normalized spacial score (nSPS) is 28.5. The van der Waals surface area contributed by atoms with Gasteiger partial charge in [-0.25, -0.2) is 18.7 Å². The second-order valence-corrected chi connectivity index (χ2v) is 12.6. The third-order valence-corrected chi connectivity index (χ3v) is 8.87. The molecule has 0 unspecified atom stereocenters. The number of rotatable bonds is 8. The highest BCUT2D eigenvalue weighted by molar-refractivity contribution is 5.76. The number of imidazole rings is 1. The van der Waals surface area contributed by atoms with Gasteiger partial charge in [0.2, 0.25) is 6.33 Å². The minimum Gasteiger partial charge on any atom is -0.459 e. The van der Waals surface area contributed by atoms with E-state index in [1.807, 2.05) is 39.7 Å². The summed E-state index contributed by atoms with van der Waals surface area (Å²) in [5, 5.41) is 0. The minimum atomic E-state index is -0.212. The highest BCUT2D eigenvalue weighted by atomic mass is 16.5. The van der Waals surface area contributed by atoms with Crippen molar-refractivity contribution in [1.82, 2.24) is 4.57 Å². The van der Waals surface area contributed by atoms with Crippen LogP contribution in [0.1, 0.15) is 80.1 Å². The Hall–Kier alpha value is -2.37. The molecular weight excluding hydrogens is 464 g/mol. The van der Waals surface area contributed by atoms with Crippen LogP contribution < -0.4 is 4.57 Å². The Morgan fingerprint density at radius 3 is 1.97 bits per heavy atom. The van der Waals surface area contributed by atoms with Crippen molar-refractivity contribution in [1.29, 1.82) is 0 Å². The molecule has 2 fully saturated rings. The summed E-state index contributed by atoms with van der Waals surface area (Å²) in [6.07, 6.45) is 8.32. The molecule has 2 saturated carbocycles. The van der Waals surface area contributed by atoms with Crippen molar-refractivity contribution in [3.05, 3.63) is 30.6 Å². The molecule has 4 rings (SSSR count). The third kappa shape index (κ3) is 6.74. The number of benzene rings is 1. The van der Waals surface area contributed by atoms with E-state index in [4.69, 9.17) is 9.47 Å². The molecule has 0 amide bonds. The molecule has 1 heterocycles. The molecule has 2 aliphatic carbocycles. The molecule has 0 N–H and O–H groups in total. The fourth-order valence-corrected chi connectivity index (χ4v) is 6.69. The van der Waals surface area contributed by atoms with Crippen LogP contribution in [-0.4, -0.2) is 28.7 Å². The first-order valence-corrected chi connectivity index (χ1v) is 14.5. The molecule has 6 nitrogen and oxygen atoms in total. The van der Waals surface area contributed by atoms with Crippen LogP contribution in [0.4, 0.5) is 0 Å². The molecule has 204 valence electrons. The van der Waals surface area contributed by atoms with E-state index in [2.05, 4.69) is 41.5 Å². The van der Waals surface area contributed by atoms with Crippen LogP contribution >= 0.6 is 0 Å². The molecule has 6 atom stereocenters. The quantitative estimate of drug-likeness (QED) is 0.325. The maximum Gasteiger partial charge on any atom is 0.348 e. The number of esters is 2. The minimum absolute atomic E-state index is 0.0213. The highest BCUT2D eigenvalue weighted by Gasteiger charge is 2.35. The summed E-state index contributed by atoms with van der Waals surface area (Å²) in [5.74, 6) is 2.55. The average molecular weight is 512 g/mol. The van der Waals surface area contributed by atoms with Crippen LogP contribution in [0.15, 0.2) is 30.6 Å². The Kier molecular flexibility index (Phi) is 8.97. The monoisotopic (exact) mass is 511 g/mol. The van der Waals surface area contributed by atoms with Crippen molar-refractivity contribution in [2.75, 3.05) is 0 Å². The van der Waals surface area contributed by atoms with Gasteiger partial charge in [0, 0.05) is 0 Å². The fraction of sp³-hybridized carbons (Fsp3) is 0.710. The first-order chi connectivity index (χ1) is 17.6. The lowest BCUT2D eigenvalue weighted by Gasteiger charge is -2.36. The Morgan fingerprint density at radius 1 is 0.865 bits per heavy atom. The first-order valence-electron chi connectivity index (χ1n) is 14.5. The lowest BCUT2D eigenvalue weighted by molar-refractivity contribution is -0.661. The molecule has 6 heteroatoms. The van der Waals surface area contributed by atoms with E-state index in [0.29, 0.717) is 35.5 Å². The Balaban J connectivity index is 1.45. The number of aromatic nitrogens is 2. The van der Waals surface area contributed by atoms with Gasteiger partial charge >= 0.3 is 11.9 Å². The number of carbonyl (C=O) groups excluding carboxylic acids is 2. The van der Waals surface area contributed by atoms with Crippen LogP contribution in [0.2, 0.25) is 0 Å². The number of hydrogen-bond donors (Lipinski definition) is 0. The second-order valence-electron chi connectivity index (χ2n) is 12.6. The van der Waals surface area contributed by atoms with Crippen molar-refractivity contribution < 1.29 is 23.6 Å². The standard InChI is InChI=1S/C31H47N2O4/c1-20(2)24-13-11-22(5)15-28(24)36-30(34)17-32-19-33(27-10-8-7-9-26(27)32)18-31(35)37-29-16-23(6)12-14-25(29)21(3)4/h7-10,19-25,28-29H,11-18H2,1-6H3/q+1/t22-,23+,24-,25-,28-,29-/m1/s1. The van der Waals surface area contributed by atoms with Gasteiger partial charge in [-0.1, -0.05) is 66.5 Å². The predicted octanol–water partition coefficient (Wildman–Crippen LogP) is 5.94. The molecule has 0 aliphatic heterocycles. The van der Waals surface area contributed by atoms with Crippen molar-refractivity contribution in [3.8, 4) is 0 Å². The molecule has 0 bridgehead atoms. The van der Waals surface area contributed by atoms with Crippen LogP contribution in [0.3, 0.4) is 0 Å². The molecule has 1 aromatic carbocycles. The van der Waals surface area contributed by atoms with Crippen molar-refractivity contribution in [2.24, 2.45) is 35.5 Å². The lowest BCUT2D eigenvalue weighted by atomic mass is 9.75. The van der Waals surface area contributed by atoms with Crippen LogP contribution in [0, 0.1) is 35.5 Å². The lowest BCUT2D eigenvalue weighted by Crippen LogP contribution is -2.42. The number of fused-ring (bicyclic) bond motifs is 1.